The first kappa shape index (κ1) is 24.0. The third-order valence-electron chi connectivity index (χ3n) is 4.42. The zero-order valence-corrected chi connectivity index (χ0v) is 18.5. The fourth-order valence-electron chi connectivity index (χ4n) is 3.12. The molecule has 0 saturated carbocycles. The van der Waals surface area contributed by atoms with Gasteiger partial charge in [0.15, 0.2) is 0 Å². The van der Waals surface area contributed by atoms with Crippen molar-refractivity contribution in [2.45, 2.75) is 73.0 Å². The quantitative estimate of drug-likeness (QED) is 0.562. The van der Waals surface area contributed by atoms with Crippen molar-refractivity contribution in [2.24, 2.45) is 11.3 Å². The van der Waals surface area contributed by atoms with Crippen LogP contribution in [-0.2, 0) is 19.0 Å². The lowest BCUT2D eigenvalue weighted by Crippen LogP contribution is -2.40. The van der Waals surface area contributed by atoms with Crippen LogP contribution in [0.15, 0.2) is 0 Å². The van der Waals surface area contributed by atoms with Crippen LogP contribution in [-0.4, -0.2) is 60.5 Å². The highest BCUT2D eigenvalue weighted by atomic mass is 16.6. The Morgan fingerprint density at radius 1 is 1.07 bits per heavy atom. The normalized spacial score (nSPS) is 22.6. The SMILES string of the molecule is CCOC(=O)[C@@]1(C)CN(C(=O)OC(C)(C)C)C[C@H]1CCNC(=O)OC(C)(C)C. The molecule has 1 N–H and O–H groups in total. The molecule has 8 heteroatoms. The molecule has 0 radical (unpaired) electrons. The average molecular weight is 401 g/mol. The largest absolute Gasteiger partial charge is 0.466 e. The maximum absolute atomic E-state index is 12.6. The van der Waals surface area contributed by atoms with Gasteiger partial charge in [0, 0.05) is 19.6 Å². The van der Waals surface area contributed by atoms with Crippen molar-refractivity contribution >= 4 is 18.2 Å². The monoisotopic (exact) mass is 400 g/mol. The maximum atomic E-state index is 12.6. The Balaban J connectivity index is 2.79. The van der Waals surface area contributed by atoms with Crippen LogP contribution in [0, 0.1) is 11.3 Å². The fraction of sp³-hybridized carbons (Fsp3) is 0.850. The molecule has 1 aliphatic rings. The van der Waals surface area contributed by atoms with Crippen LogP contribution in [0.4, 0.5) is 9.59 Å². The van der Waals surface area contributed by atoms with Gasteiger partial charge in [-0.1, -0.05) is 0 Å². The van der Waals surface area contributed by atoms with Crippen LogP contribution >= 0.6 is 0 Å². The number of carbonyl (C=O) groups is 3. The van der Waals surface area contributed by atoms with Crippen LogP contribution in [0.5, 0.6) is 0 Å². The van der Waals surface area contributed by atoms with E-state index in [2.05, 4.69) is 5.32 Å². The number of nitrogens with zero attached hydrogens (tertiary/aromatic N) is 1. The molecule has 1 fully saturated rings. The van der Waals surface area contributed by atoms with Gasteiger partial charge in [-0.2, -0.15) is 0 Å². The van der Waals surface area contributed by atoms with Crippen molar-refractivity contribution in [2.75, 3.05) is 26.2 Å². The van der Waals surface area contributed by atoms with Crippen molar-refractivity contribution in [3.63, 3.8) is 0 Å². The molecule has 0 aromatic rings. The van der Waals surface area contributed by atoms with Gasteiger partial charge in [-0.05, 0) is 67.7 Å². The summed E-state index contributed by atoms with van der Waals surface area (Å²) < 4.78 is 15.9. The van der Waals surface area contributed by atoms with Gasteiger partial charge in [0.2, 0.25) is 0 Å². The number of ether oxygens (including phenoxy) is 3. The molecule has 2 atom stereocenters. The van der Waals surface area contributed by atoms with E-state index in [1.807, 2.05) is 0 Å². The second kappa shape index (κ2) is 9.01. The summed E-state index contributed by atoms with van der Waals surface area (Å²) in [6.07, 6.45) is -0.452. The van der Waals surface area contributed by atoms with E-state index in [1.54, 1.807) is 60.3 Å². The molecule has 1 heterocycles. The lowest BCUT2D eigenvalue weighted by atomic mass is 9.78. The number of esters is 1. The van der Waals surface area contributed by atoms with E-state index in [1.165, 1.54) is 0 Å². The second-order valence-electron chi connectivity index (χ2n) is 9.41. The number of likely N-dealkylation sites (tertiary alicyclic amines) is 1. The highest BCUT2D eigenvalue weighted by Crippen LogP contribution is 2.39. The van der Waals surface area contributed by atoms with Crippen LogP contribution in [0.1, 0.15) is 61.8 Å². The number of carbonyl (C=O) groups excluding carboxylic acids is 3. The van der Waals surface area contributed by atoms with E-state index in [0.717, 1.165) is 0 Å². The molecule has 8 nitrogen and oxygen atoms in total. The van der Waals surface area contributed by atoms with Gasteiger partial charge in [0.1, 0.15) is 11.2 Å². The predicted octanol–water partition coefficient (Wildman–Crippen LogP) is 3.34. The number of hydrogen-bond acceptors (Lipinski definition) is 6. The van der Waals surface area contributed by atoms with E-state index in [9.17, 15) is 14.4 Å². The summed E-state index contributed by atoms with van der Waals surface area (Å²) in [5.74, 6) is -0.516. The molecule has 0 spiro atoms. The van der Waals surface area contributed by atoms with Gasteiger partial charge in [-0.15, -0.1) is 0 Å². The first-order chi connectivity index (χ1) is 12.7. The second-order valence-corrected chi connectivity index (χ2v) is 9.41. The Hall–Kier alpha value is -1.99. The first-order valence-electron chi connectivity index (χ1n) is 9.80. The molecule has 0 aromatic heterocycles. The van der Waals surface area contributed by atoms with Gasteiger partial charge >= 0.3 is 18.2 Å². The van der Waals surface area contributed by atoms with E-state index in [4.69, 9.17) is 14.2 Å². The third kappa shape index (κ3) is 7.20. The highest BCUT2D eigenvalue weighted by molar-refractivity contribution is 5.79. The minimum atomic E-state index is -0.859. The number of alkyl carbamates (subject to hydrolysis) is 1. The Morgan fingerprint density at radius 2 is 1.64 bits per heavy atom. The van der Waals surface area contributed by atoms with Crippen LogP contribution in [0.2, 0.25) is 0 Å². The standard InChI is InChI=1S/C20H36N2O6/c1-9-26-15(23)20(8)13-22(17(25)28-19(5,6)7)12-14(20)10-11-21-16(24)27-18(2,3)4/h14H,9-13H2,1-8H3,(H,21,24)/t14-,20+/m1/s1. The van der Waals surface area contributed by atoms with Crippen molar-refractivity contribution < 1.29 is 28.6 Å². The topological polar surface area (TPSA) is 94.2 Å². The Morgan fingerprint density at radius 3 is 2.14 bits per heavy atom. The molecule has 1 aliphatic heterocycles. The molecular formula is C20H36N2O6. The Labute approximate surface area is 168 Å². The summed E-state index contributed by atoms with van der Waals surface area (Å²) in [4.78, 5) is 38.5. The van der Waals surface area contributed by atoms with Gasteiger partial charge in [-0.3, -0.25) is 4.79 Å². The van der Waals surface area contributed by atoms with Gasteiger partial charge in [0.05, 0.1) is 12.0 Å². The molecule has 0 aliphatic carbocycles. The summed E-state index contributed by atoms with van der Waals surface area (Å²) in [6, 6.07) is 0. The molecule has 1 rings (SSSR count). The van der Waals surface area contributed by atoms with E-state index in [0.29, 0.717) is 19.5 Å². The maximum Gasteiger partial charge on any atom is 0.410 e. The summed E-state index contributed by atoms with van der Waals surface area (Å²) in [5.41, 5.74) is -2.05. The summed E-state index contributed by atoms with van der Waals surface area (Å²) >= 11 is 0. The smallest absolute Gasteiger partial charge is 0.410 e. The minimum Gasteiger partial charge on any atom is -0.466 e. The minimum absolute atomic E-state index is 0.172. The molecule has 1 saturated heterocycles. The van der Waals surface area contributed by atoms with Gasteiger partial charge in [0.25, 0.3) is 0 Å². The van der Waals surface area contributed by atoms with Crippen molar-refractivity contribution in [3.05, 3.63) is 0 Å². The first-order valence-corrected chi connectivity index (χ1v) is 9.80. The summed E-state index contributed by atoms with van der Waals surface area (Å²) in [5, 5.41) is 2.71. The molecule has 0 aromatic carbocycles. The molecule has 0 unspecified atom stereocenters. The zero-order valence-electron chi connectivity index (χ0n) is 18.5. The zero-order chi connectivity index (χ0) is 21.8. The molecule has 162 valence electrons. The van der Waals surface area contributed by atoms with Crippen LogP contribution < -0.4 is 5.32 Å². The van der Waals surface area contributed by atoms with Crippen molar-refractivity contribution in [3.8, 4) is 0 Å². The van der Waals surface area contributed by atoms with Gasteiger partial charge in [-0.25, -0.2) is 9.59 Å². The van der Waals surface area contributed by atoms with Crippen molar-refractivity contribution in [1.29, 1.82) is 0 Å². The molecule has 28 heavy (non-hydrogen) atoms. The van der Waals surface area contributed by atoms with E-state index >= 15 is 0 Å². The molecular weight excluding hydrogens is 364 g/mol. The van der Waals surface area contributed by atoms with Crippen LogP contribution in [0.25, 0.3) is 0 Å². The van der Waals surface area contributed by atoms with E-state index in [-0.39, 0.29) is 25.0 Å². The fourth-order valence-corrected chi connectivity index (χ4v) is 3.12. The number of rotatable bonds is 5. The summed E-state index contributed by atoms with van der Waals surface area (Å²) in [7, 11) is 0. The molecule has 0 bridgehead atoms. The lowest BCUT2D eigenvalue weighted by molar-refractivity contribution is -0.155. The van der Waals surface area contributed by atoms with Gasteiger partial charge < -0.3 is 24.4 Å². The third-order valence-corrected chi connectivity index (χ3v) is 4.42. The highest BCUT2D eigenvalue weighted by Gasteiger charge is 2.51. The van der Waals surface area contributed by atoms with Crippen molar-refractivity contribution in [1.82, 2.24) is 10.2 Å². The van der Waals surface area contributed by atoms with E-state index < -0.39 is 28.8 Å². The summed E-state index contributed by atoms with van der Waals surface area (Å²) in [6.45, 7) is 15.5. The Kier molecular flexibility index (Phi) is 7.74. The predicted molar refractivity (Wildman–Crippen MR) is 105 cm³/mol. The molecule has 2 amide bonds. The number of nitrogens with one attached hydrogen (secondary N) is 1. The number of amides is 2. The van der Waals surface area contributed by atoms with Crippen LogP contribution in [0.3, 0.4) is 0 Å². The number of hydrogen-bond donors (Lipinski definition) is 1. The average Bonchev–Trinajstić information content (AvgIpc) is 2.83. The Bertz CT molecular complexity index is 578. The lowest BCUT2D eigenvalue weighted by Gasteiger charge is -2.28.